The largest absolute Gasteiger partial charge is 0.298 e. The molecule has 0 bridgehead atoms. The molecule has 6 heteroatoms. The topological polar surface area (TPSA) is 47.8 Å². The zero-order chi connectivity index (χ0) is 14.0. The van der Waals surface area contributed by atoms with Crippen LogP contribution in [0.2, 0.25) is 0 Å². The lowest BCUT2D eigenvalue weighted by Crippen LogP contribution is -2.33. The molecule has 1 aliphatic rings. The summed E-state index contributed by atoms with van der Waals surface area (Å²) >= 11 is 3.71. The highest BCUT2D eigenvalue weighted by Gasteiger charge is 2.30. The van der Waals surface area contributed by atoms with E-state index in [1.165, 1.54) is 6.33 Å². The van der Waals surface area contributed by atoms with E-state index in [1.54, 1.807) is 0 Å². The molecular formula is C13H21N3OS2. The molecule has 1 fully saturated rings. The Morgan fingerprint density at radius 1 is 1.47 bits per heavy atom. The van der Waals surface area contributed by atoms with E-state index in [9.17, 15) is 4.79 Å². The van der Waals surface area contributed by atoms with Gasteiger partial charge in [0.25, 0.3) is 0 Å². The predicted molar refractivity (Wildman–Crippen MR) is 81.9 cm³/mol. The van der Waals surface area contributed by atoms with Gasteiger partial charge in [-0.2, -0.15) is 16.9 Å². The van der Waals surface area contributed by atoms with Crippen molar-refractivity contribution in [1.29, 1.82) is 0 Å². The van der Waals surface area contributed by atoms with Crippen LogP contribution in [0.1, 0.15) is 39.6 Å². The summed E-state index contributed by atoms with van der Waals surface area (Å²) < 4.78 is 1.84. The summed E-state index contributed by atoms with van der Waals surface area (Å²) in [5, 5.41) is 5.46. The number of Topliss-reactive ketones (excluding diaryl/α,β-unsaturated/α-hetero) is 1. The Kier molecular flexibility index (Phi) is 4.95. The number of hydrogen-bond acceptors (Lipinski definition) is 5. The van der Waals surface area contributed by atoms with Gasteiger partial charge in [0.2, 0.25) is 0 Å². The second kappa shape index (κ2) is 6.31. The van der Waals surface area contributed by atoms with Crippen LogP contribution in [0.3, 0.4) is 0 Å². The van der Waals surface area contributed by atoms with Crippen molar-refractivity contribution in [2.45, 2.75) is 55.9 Å². The van der Waals surface area contributed by atoms with E-state index in [4.69, 9.17) is 0 Å². The van der Waals surface area contributed by atoms with Crippen LogP contribution in [0.25, 0.3) is 0 Å². The highest BCUT2D eigenvalue weighted by atomic mass is 32.2. The van der Waals surface area contributed by atoms with Crippen LogP contribution in [-0.4, -0.2) is 42.1 Å². The fourth-order valence-corrected chi connectivity index (χ4v) is 4.94. The third-order valence-corrected chi connectivity index (χ3v) is 6.82. The maximum Gasteiger partial charge on any atom is 0.154 e. The zero-order valence-corrected chi connectivity index (χ0v) is 13.5. The number of carbonyl (C=O) groups is 1. The van der Waals surface area contributed by atoms with E-state index >= 15 is 0 Å². The first-order chi connectivity index (χ1) is 8.99. The summed E-state index contributed by atoms with van der Waals surface area (Å²) in [4.78, 5) is 16.6. The Labute approximate surface area is 123 Å². The van der Waals surface area contributed by atoms with Crippen molar-refractivity contribution in [3.63, 3.8) is 0 Å². The summed E-state index contributed by atoms with van der Waals surface area (Å²) in [6.45, 7) is 8.55. The molecule has 1 aromatic rings. The average molecular weight is 299 g/mol. The van der Waals surface area contributed by atoms with Crippen molar-refractivity contribution in [1.82, 2.24) is 14.8 Å². The predicted octanol–water partition coefficient (Wildman–Crippen LogP) is 2.60. The van der Waals surface area contributed by atoms with Gasteiger partial charge in [0.15, 0.2) is 5.78 Å². The van der Waals surface area contributed by atoms with E-state index in [0.29, 0.717) is 16.9 Å². The molecule has 2 heterocycles. The fourth-order valence-electron chi connectivity index (χ4n) is 2.05. The second-order valence-electron chi connectivity index (χ2n) is 5.23. The van der Waals surface area contributed by atoms with Gasteiger partial charge in [-0.25, -0.2) is 9.67 Å². The van der Waals surface area contributed by atoms with Crippen molar-refractivity contribution in [3.05, 3.63) is 12.2 Å². The lowest BCUT2D eigenvalue weighted by Gasteiger charge is -2.30. The van der Waals surface area contributed by atoms with Crippen molar-refractivity contribution < 1.29 is 4.79 Å². The van der Waals surface area contributed by atoms with Gasteiger partial charge in [-0.05, 0) is 13.8 Å². The van der Waals surface area contributed by atoms with Crippen LogP contribution in [0.15, 0.2) is 6.33 Å². The fraction of sp³-hybridized carbons (Fsp3) is 0.769. The van der Waals surface area contributed by atoms with Gasteiger partial charge in [-0.15, -0.1) is 11.8 Å². The van der Waals surface area contributed by atoms with Crippen LogP contribution in [0.4, 0.5) is 0 Å². The molecule has 0 aliphatic carbocycles. The smallest absolute Gasteiger partial charge is 0.154 e. The quantitative estimate of drug-likeness (QED) is 0.855. The molecule has 3 atom stereocenters. The number of nitrogens with zero attached hydrogens (tertiary/aromatic N) is 3. The molecule has 0 saturated carbocycles. The summed E-state index contributed by atoms with van der Waals surface area (Å²) in [6.07, 6.45) is 1.94. The van der Waals surface area contributed by atoms with Gasteiger partial charge in [0.05, 0.1) is 11.7 Å². The van der Waals surface area contributed by atoms with Gasteiger partial charge in [0, 0.05) is 22.3 Å². The first-order valence-electron chi connectivity index (χ1n) is 6.67. The molecule has 0 amide bonds. The molecule has 1 aromatic heterocycles. The van der Waals surface area contributed by atoms with E-state index < -0.39 is 0 Å². The summed E-state index contributed by atoms with van der Waals surface area (Å²) in [6, 6.07) is 0.248. The minimum absolute atomic E-state index is 0.105. The van der Waals surface area contributed by atoms with E-state index in [2.05, 4.69) is 37.8 Å². The van der Waals surface area contributed by atoms with Crippen LogP contribution >= 0.6 is 23.5 Å². The first kappa shape index (κ1) is 14.9. The minimum Gasteiger partial charge on any atom is -0.298 e. The number of hydrogen-bond donors (Lipinski definition) is 0. The Morgan fingerprint density at radius 2 is 2.21 bits per heavy atom. The van der Waals surface area contributed by atoms with E-state index in [1.807, 2.05) is 28.2 Å². The van der Waals surface area contributed by atoms with Crippen LogP contribution in [0.5, 0.6) is 0 Å². The monoisotopic (exact) mass is 299 g/mol. The van der Waals surface area contributed by atoms with Crippen molar-refractivity contribution >= 4 is 29.3 Å². The van der Waals surface area contributed by atoms with Gasteiger partial charge >= 0.3 is 0 Å². The molecule has 1 aliphatic heterocycles. The molecule has 3 unspecified atom stereocenters. The molecule has 19 heavy (non-hydrogen) atoms. The van der Waals surface area contributed by atoms with Crippen molar-refractivity contribution in [3.8, 4) is 0 Å². The van der Waals surface area contributed by atoms with Crippen molar-refractivity contribution in [2.24, 2.45) is 0 Å². The lowest BCUT2D eigenvalue weighted by atomic mass is 10.2. The Bertz CT molecular complexity index is 447. The number of aromatic nitrogens is 3. The molecule has 2 rings (SSSR count). The number of thioether (sulfide) groups is 2. The SMILES string of the molecule is CC1SCC(C(=O)Cc2ncnn2C(C)C)SC1C. The lowest BCUT2D eigenvalue weighted by molar-refractivity contribution is -0.117. The summed E-state index contributed by atoms with van der Waals surface area (Å²) in [7, 11) is 0. The highest BCUT2D eigenvalue weighted by molar-refractivity contribution is 8.08. The first-order valence-corrected chi connectivity index (χ1v) is 8.66. The van der Waals surface area contributed by atoms with E-state index in [-0.39, 0.29) is 17.1 Å². The molecule has 0 aromatic carbocycles. The number of carbonyl (C=O) groups excluding carboxylic acids is 1. The zero-order valence-electron chi connectivity index (χ0n) is 11.9. The molecule has 4 nitrogen and oxygen atoms in total. The molecule has 1 saturated heterocycles. The van der Waals surface area contributed by atoms with Gasteiger partial charge < -0.3 is 0 Å². The van der Waals surface area contributed by atoms with E-state index in [0.717, 1.165) is 11.6 Å². The van der Waals surface area contributed by atoms with Crippen LogP contribution < -0.4 is 0 Å². The van der Waals surface area contributed by atoms with Crippen LogP contribution in [-0.2, 0) is 11.2 Å². The number of rotatable bonds is 4. The van der Waals surface area contributed by atoms with Gasteiger partial charge in [-0.1, -0.05) is 13.8 Å². The second-order valence-corrected chi connectivity index (χ2v) is 8.22. The molecule has 106 valence electrons. The third kappa shape index (κ3) is 3.54. The third-order valence-electron chi connectivity index (χ3n) is 3.38. The Balaban J connectivity index is 1.99. The maximum absolute atomic E-state index is 12.4. The molecule has 0 radical (unpaired) electrons. The highest BCUT2D eigenvalue weighted by Crippen LogP contribution is 2.36. The van der Waals surface area contributed by atoms with Gasteiger partial charge in [-0.3, -0.25) is 4.79 Å². The minimum atomic E-state index is 0.105. The maximum atomic E-state index is 12.4. The standard InChI is InChI=1S/C13H21N3OS2/c1-8(2)16-13(14-7-15-16)5-11(17)12-6-18-9(3)10(4)19-12/h7-10,12H,5-6H2,1-4H3. The molecule has 0 spiro atoms. The normalized spacial score (nSPS) is 27.7. The summed E-state index contributed by atoms with van der Waals surface area (Å²) in [5.41, 5.74) is 0. The molecule has 0 N–H and O–H groups in total. The number of ketones is 1. The van der Waals surface area contributed by atoms with Crippen LogP contribution in [0, 0.1) is 0 Å². The average Bonchev–Trinajstić information content (AvgIpc) is 2.80. The summed E-state index contributed by atoms with van der Waals surface area (Å²) in [5.74, 6) is 1.99. The molecular weight excluding hydrogens is 278 g/mol. The Hall–Kier alpha value is -0.490. The Morgan fingerprint density at radius 3 is 2.84 bits per heavy atom. The van der Waals surface area contributed by atoms with Gasteiger partial charge in [0.1, 0.15) is 12.2 Å². The van der Waals surface area contributed by atoms with Crippen molar-refractivity contribution in [2.75, 3.05) is 5.75 Å².